The summed E-state index contributed by atoms with van der Waals surface area (Å²) in [7, 11) is 4.95. The van der Waals surface area contributed by atoms with Gasteiger partial charge in [0.05, 0.1) is 27.9 Å². The van der Waals surface area contributed by atoms with E-state index in [1.165, 1.54) is 0 Å². The minimum atomic E-state index is 0. The molecule has 1 atom stereocenters. The molecule has 170 valence electrons. The molecule has 0 radical (unpaired) electrons. The minimum Gasteiger partial charge on any atom is -0.497 e. The molecular weight excluding hydrogens is 509 g/mol. The number of hydrogen-bond acceptors (Lipinski definition) is 6. The summed E-state index contributed by atoms with van der Waals surface area (Å²) in [6.07, 6.45) is 2.81. The largest absolute Gasteiger partial charge is 0.497 e. The Labute approximate surface area is 201 Å². The van der Waals surface area contributed by atoms with Crippen LogP contribution in [0.2, 0.25) is 0 Å². The predicted molar refractivity (Wildman–Crippen MR) is 134 cm³/mol. The van der Waals surface area contributed by atoms with Gasteiger partial charge in [0.15, 0.2) is 5.96 Å². The average Bonchev–Trinajstić information content (AvgIpc) is 3.26. The topological polar surface area (TPSA) is 80.2 Å². The maximum atomic E-state index is 5.40. The van der Waals surface area contributed by atoms with Crippen molar-refractivity contribution in [3.63, 3.8) is 0 Å². The number of rotatable bonds is 8. The van der Waals surface area contributed by atoms with Crippen LogP contribution in [0.1, 0.15) is 18.9 Å². The van der Waals surface area contributed by atoms with Crippen molar-refractivity contribution in [2.45, 2.75) is 25.9 Å². The number of halogens is 1. The first kappa shape index (κ1) is 24.8. The van der Waals surface area contributed by atoms with Crippen molar-refractivity contribution in [1.29, 1.82) is 0 Å². The van der Waals surface area contributed by atoms with Crippen molar-refractivity contribution in [2.75, 3.05) is 45.9 Å². The first-order valence-corrected chi connectivity index (χ1v) is 10.2. The number of ether oxygens (including phenoxy) is 3. The normalized spacial score (nSPS) is 15.8. The summed E-state index contributed by atoms with van der Waals surface area (Å²) in [4.78, 5) is 11.3. The van der Waals surface area contributed by atoms with Crippen molar-refractivity contribution in [2.24, 2.45) is 4.99 Å². The Morgan fingerprint density at radius 2 is 1.87 bits per heavy atom. The van der Waals surface area contributed by atoms with Crippen LogP contribution < -0.4 is 29.7 Å². The van der Waals surface area contributed by atoms with Gasteiger partial charge in [-0.15, -0.1) is 24.0 Å². The van der Waals surface area contributed by atoms with Crippen LogP contribution in [-0.4, -0.2) is 57.9 Å². The Bertz CT molecular complexity index is 825. The van der Waals surface area contributed by atoms with Crippen LogP contribution >= 0.6 is 24.0 Å². The van der Waals surface area contributed by atoms with Gasteiger partial charge in [-0.05, 0) is 18.9 Å². The van der Waals surface area contributed by atoms with Crippen molar-refractivity contribution >= 4 is 35.6 Å². The van der Waals surface area contributed by atoms with Gasteiger partial charge in [-0.25, -0.2) is 9.98 Å². The lowest BCUT2D eigenvalue weighted by atomic mass is 10.2. The third-order valence-corrected chi connectivity index (χ3v) is 5.00. The Balaban J connectivity index is 0.00000341. The molecule has 1 saturated heterocycles. The van der Waals surface area contributed by atoms with Crippen LogP contribution in [0.4, 0.5) is 5.69 Å². The van der Waals surface area contributed by atoms with E-state index in [0.717, 1.165) is 54.8 Å². The van der Waals surface area contributed by atoms with E-state index in [-0.39, 0.29) is 24.0 Å². The number of aliphatic imine (C=N–C) groups is 1. The lowest BCUT2D eigenvalue weighted by Gasteiger charge is -2.21. The van der Waals surface area contributed by atoms with Crippen molar-refractivity contribution in [3.05, 3.63) is 42.1 Å². The highest BCUT2D eigenvalue weighted by Crippen LogP contribution is 2.30. The first-order chi connectivity index (χ1) is 14.6. The SMILES string of the molecule is CCNC(=NCc1ccc(OC)nc1)NC1CCN(c2cc(OC)cc(OC)c2)C1.I. The predicted octanol–water partition coefficient (Wildman–Crippen LogP) is 3.06. The Morgan fingerprint density at radius 1 is 1.13 bits per heavy atom. The summed E-state index contributed by atoms with van der Waals surface area (Å²) in [5, 5.41) is 6.88. The quantitative estimate of drug-likeness (QED) is 0.302. The van der Waals surface area contributed by atoms with Gasteiger partial charge in [-0.3, -0.25) is 0 Å². The number of pyridine rings is 1. The number of hydrogen-bond donors (Lipinski definition) is 2. The van der Waals surface area contributed by atoms with E-state index < -0.39 is 0 Å². The highest BCUT2D eigenvalue weighted by Gasteiger charge is 2.24. The van der Waals surface area contributed by atoms with E-state index in [1.54, 1.807) is 27.5 Å². The molecule has 0 bridgehead atoms. The molecule has 0 amide bonds. The van der Waals surface area contributed by atoms with Gasteiger partial charge in [-0.2, -0.15) is 0 Å². The number of methoxy groups -OCH3 is 3. The smallest absolute Gasteiger partial charge is 0.212 e. The molecule has 9 heteroatoms. The van der Waals surface area contributed by atoms with Crippen molar-refractivity contribution in [3.8, 4) is 17.4 Å². The molecule has 8 nitrogen and oxygen atoms in total. The highest BCUT2D eigenvalue weighted by molar-refractivity contribution is 14.0. The number of nitrogens with zero attached hydrogens (tertiary/aromatic N) is 3. The second kappa shape index (κ2) is 12.4. The molecule has 1 unspecified atom stereocenters. The van der Waals surface area contributed by atoms with Crippen LogP contribution in [0, 0.1) is 0 Å². The molecule has 3 rings (SSSR count). The number of nitrogens with one attached hydrogen (secondary N) is 2. The second-order valence-electron chi connectivity index (χ2n) is 7.05. The van der Waals surface area contributed by atoms with Gasteiger partial charge in [0.1, 0.15) is 11.5 Å². The summed E-state index contributed by atoms with van der Waals surface area (Å²) in [6.45, 7) is 5.25. The number of anilines is 1. The van der Waals surface area contributed by atoms with Gasteiger partial charge in [0.2, 0.25) is 5.88 Å². The highest BCUT2D eigenvalue weighted by atomic mass is 127. The van der Waals surface area contributed by atoms with Gasteiger partial charge < -0.3 is 29.7 Å². The molecule has 0 spiro atoms. The zero-order valence-electron chi connectivity index (χ0n) is 18.6. The molecule has 0 aliphatic carbocycles. The maximum absolute atomic E-state index is 5.40. The minimum absolute atomic E-state index is 0. The molecule has 1 aliphatic rings. The Morgan fingerprint density at radius 3 is 2.45 bits per heavy atom. The maximum Gasteiger partial charge on any atom is 0.212 e. The fourth-order valence-electron chi connectivity index (χ4n) is 3.40. The lowest BCUT2D eigenvalue weighted by molar-refractivity contribution is 0.394. The zero-order chi connectivity index (χ0) is 21.3. The number of benzene rings is 1. The van der Waals surface area contributed by atoms with Crippen LogP contribution in [0.15, 0.2) is 41.5 Å². The summed E-state index contributed by atoms with van der Waals surface area (Å²) in [6, 6.07) is 10.1. The van der Waals surface area contributed by atoms with Gasteiger partial charge >= 0.3 is 0 Å². The van der Waals surface area contributed by atoms with Crippen LogP contribution in [0.25, 0.3) is 0 Å². The zero-order valence-corrected chi connectivity index (χ0v) is 20.9. The molecule has 31 heavy (non-hydrogen) atoms. The molecule has 2 heterocycles. The van der Waals surface area contributed by atoms with Crippen molar-refractivity contribution in [1.82, 2.24) is 15.6 Å². The molecular formula is C22H32IN5O3. The monoisotopic (exact) mass is 541 g/mol. The van der Waals surface area contributed by atoms with Gasteiger partial charge in [0.25, 0.3) is 0 Å². The fourth-order valence-corrected chi connectivity index (χ4v) is 3.40. The molecule has 1 aromatic heterocycles. The Kier molecular flexibility index (Phi) is 9.96. The molecule has 1 fully saturated rings. The average molecular weight is 541 g/mol. The van der Waals surface area contributed by atoms with E-state index in [4.69, 9.17) is 19.2 Å². The van der Waals surface area contributed by atoms with Crippen molar-refractivity contribution < 1.29 is 14.2 Å². The van der Waals surface area contributed by atoms with E-state index >= 15 is 0 Å². The van der Waals surface area contributed by atoms with E-state index in [9.17, 15) is 0 Å². The molecule has 0 saturated carbocycles. The van der Waals surface area contributed by atoms with Crippen LogP contribution in [0.5, 0.6) is 17.4 Å². The Hall–Kier alpha value is -2.43. The van der Waals surface area contributed by atoms with E-state index in [1.807, 2.05) is 30.3 Å². The van der Waals surface area contributed by atoms with Crippen LogP contribution in [-0.2, 0) is 6.54 Å². The summed E-state index contributed by atoms with van der Waals surface area (Å²) in [5.74, 6) is 3.00. The third kappa shape index (κ3) is 7.05. The molecule has 2 N–H and O–H groups in total. The molecule has 1 aromatic carbocycles. The third-order valence-electron chi connectivity index (χ3n) is 5.00. The number of guanidine groups is 1. The summed E-state index contributed by atoms with van der Waals surface area (Å²) < 4.78 is 15.9. The number of aromatic nitrogens is 1. The van der Waals surface area contributed by atoms with Gasteiger partial charge in [-0.1, -0.05) is 6.07 Å². The molecule has 2 aromatic rings. The first-order valence-electron chi connectivity index (χ1n) is 10.2. The molecule has 1 aliphatic heterocycles. The standard InChI is InChI=1S/C22H31N5O3.HI/c1-5-23-22(25-14-16-6-7-21(30-4)24-13-16)26-17-8-9-27(15-17)18-10-19(28-2)12-20(11-18)29-3;/h6-7,10-13,17H,5,8-9,14-15H2,1-4H3,(H2,23,25,26);1H. The lowest BCUT2D eigenvalue weighted by Crippen LogP contribution is -2.44. The second-order valence-corrected chi connectivity index (χ2v) is 7.05. The fraction of sp³-hybridized carbons (Fsp3) is 0.455. The van der Waals surface area contributed by atoms with Gasteiger partial charge in [0, 0.05) is 61.8 Å². The summed E-state index contributed by atoms with van der Waals surface area (Å²) >= 11 is 0. The summed E-state index contributed by atoms with van der Waals surface area (Å²) in [5.41, 5.74) is 2.13. The van der Waals surface area contributed by atoms with Crippen LogP contribution in [0.3, 0.4) is 0 Å². The van der Waals surface area contributed by atoms with E-state index in [2.05, 4.69) is 27.4 Å². The van der Waals surface area contributed by atoms with E-state index in [0.29, 0.717) is 18.5 Å².